The van der Waals surface area contributed by atoms with Gasteiger partial charge in [0.2, 0.25) is 11.9 Å². The minimum absolute atomic E-state index is 0.00368. The number of hydrogen-bond donors (Lipinski definition) is 1. The Bertz CT molecular complexity index is 1640. The lowest BCUT2D eigenvalue weighted by molar-refractivity contribution is -0.132. The van der Waals surface area contributed by atoms with Gasteiger partial charge >= 0.3 is 0 Å². The summed E-state index contributed by atoms with van der Waals surface area (Å²) in [5.74, 6) is 1.05. The molecule has 1 fully saturated rings. The number of anilines is 2. The molecule has 1 aliphatic carbocycles. The monoisotopic (exact) mass is 574 g/mol. The van der Waals surface area contributed by atoms with E-state index in [4.69, 9.17) is 4.98 Å². The van der Waals surface area contributed by atoms with E-state index in [-0.39, 0.29) is 23.6 Å². The molecule has 4 heterocycles. The van der Waals surface area contributed by atoms with Gasteiger partial charge in [-0.05, 0) is 76.4 Å². The van der Waals surface area contributed by atoms with Crippen LogP contribution in [0.2, 0.25) is 0 Å². The number of carbonyl (C=O) groups is 1. The molecular weight excluding hydrogens is 538 g/mol. The summed E-state index contributed by atoms with van der Waals surface area (Å²) in [6.07, 6.45) is 5.97. The van der Waals surface area contributed by atoms with Gasteiger partial charge in [-0.15, -0.1) is 0 Å². The van der Waals surface area contributed by atoms with E-state index >= 15 is 8.78 Å². The smallest absolute Gasteiger partial charge is 0.237 e. The van der Waals surface area contributed by atoms with Crippen molar-refractivity contribution in [2.45, 2.75) is 58.5 Å². The highest BCUT2D eigenvalue weighted by molar-refractivity contribution is 5.83. The Morgan fingerprint density at radius 2 is 1.86 bits per heavy atom. The zero-order valence-corrected chi connectivity index (χ0v) is 24.5. The van der Waals surface area contributed by atoms with Crippen LogP contribution in [-0.4, -0.2) is 67.4 Å². The molecule has 0 unspecified atom stereocenters. The van der Waals surface area contributed by atoms with Crippen molar-refractivity contribution in [3.63, 3.8) is 0 Å². The van der Waals surface area contributed by atoms with Crippen molar-refractivity contribution in [3.05, 3.63) is 59.2 Å². The van der Waals surface area contributed by atoms with E-state index in [0.29, 0.717) is 54.4 Å². The van der Waals surface area contributed by atoms with Crippen LogP contribution in [0.1, 0.15) is 55.7 Å². The van der Waals surface area contributed by atoms with Gasteiger partial charge in [-0.25, -0.2) is 28.7 Å². The molecule has 1 aliphatic heterocycles. The Morgan fingerprint density at radius 1 is 1.07 bits per heavy atom. The predicted octanol–water partition coefficient (Wildman–Crippen LogP) is 5.42. The fraction of sp³-hybridized carbons (Fsp3) is 0.452. The van der Waals surface area contributed by atoms with E-state index in [0.717, 1.165) is 49.0 Å². The van der Waals surface area contributed by atoms with Gasteiger partial charge in [-0.3, -0.25) is 4.79 Å². The summed E-state index contributed by atoms with van der Waals surface area (Å²) < 4.78 is 32.5. The standard InChI is InChI=1S/C31H36F2N8O/c1-18-5-8-22(9-6-18)41-19(2)35-30-23(32)13-21(14-26(30)41)29-24(33)15-34-31(38-29)37-27-10-7-20-16-40(12-11-25(20)36-27)28(42)17-39(3)4/h7,10,13-15,18,22H,5-6,8-9,11-12,16-17H2,1-4H3,(H,34,36,37,38)/t18-,22-. The first-order chi connectivity index (χ1) is 20.2. The summed E-state index contributed by atoms with van der Waals surface area (Å²) in [5, 5.41) is 3.08. The summed E-state index contributed by atoms with van der Waals surface area (Å²) in [4.78, 5) is 34.0. The van der Waals surface area contributed by atoms with Gasteiger partial charge in [0, 0.05) is 36.8 Å². The maximum absolute atomic E-state index is 15.3. The van der Waals surface area contributed by atoms with Gasteiger partial charge in [0.15, 0.2) is 11.6 Å². The quantitative estimate of drug-likeness (QED) is 0.329. The van der Waals surface area contributed by atoms with Crippen LogP contribution in [0.5, 0.6) is 0 Å². The van der Waals surface area contributed by atoms with Crippen LogP contribution in [0.25, 0.3) is 22.3 Å². The van der Waals surface area contributed by atoms with Crippen LogP contribution in [0.4, 0.5) is 20.5 Å². The van der Waals surface area contributed by atoms with E-state index < -0.39 is 11.6 Å². The third-order valence-electron chi connectivity index (χ3n) is 8.39. The average Bonchev–Trinajstić information content (AvgIpc) is 3.30. The lowest BCUT2D eigenvalue weighted by atomic mass is 9.87. The second-order valence-electron chi connectivity index (χ2n) is 11.9. The SMILES string of the molecule is Cc1nc2c(F)cc(-c3nc(Nc4ccc5c(n4)CCN(C(=O)CN(C)C)C5)ncc3F)cc2n1[C@H]1CC[C@H](C)CC1. The number of imidazole rings is 1. The van der Waals surface area contributed by atoms with E-state index in [1.165, 1.54) is 6.07 Å². The summed E-state index contributed by atoms with van der Waals surface area (Å²) in [6, 6.07) is 7.04. The molecule has 42 heavy (non-hydrogen) atoms. The lowest BCUT2D eigenvalue weighted by Crippen LogP contribution is -2.41. The number of likely N-dealkylation sites (N-methyl/N-ethyl adjacent to an activating group) is 1. The Kier molecular flexibility index (Phi) is 7.61. The van der Waals surface area contributed by atoms with Crippen molar-refractivity contribution < 1.29 is 13.6 Å². The van der Waals surface area contributed by atoms with Gasteiger partial charge in [-0.1, -0.05) is 13.0 Å². The molecule has 1 amide bonds. The van der Waals surface area contributed by atoms with Crippen molar-refractivity contribution in [1.29, 1.82) is 0 Å². The average molecular weight is 575 g/mol. The molecule has 3 aromatic heterocycles. The van der Waals surface area contributed by atoms with Gasteiger partial charge < -0.3 is 19.7 Å². The molecule has 1 aromatic carbocycles. The molecule has 4 aromatic rings. The number of fused-ring (bicyclic) bond motifs is 2. The molecule has 1 saturated carbocycles. The number of amides is 1. The van der Waals surface area contributed by atoms with Crippen molar-refractivity contribution in [3.8, 4) is 11.3 Å². The number of rotatable bonds is 6. The molecule has 0 atom stereocenters. The van der Waals surface area contributed by atoms with Gasteiger partial charge in [0.25, 0.3) is 0 Å². The van der Waals surface area contributed by atoms with Crippen molar-refractivity contribution in [2.75, 3.05) is 32.5 Å². The van der Waals surface area contributed by atoms with Crippen LogP contribution >= 0.6 is 0 Å². The van der Waals surface area contributed by atoms with Crippen LogP contribution < -0.4 is 5.32 Å². The van der Waals surface area contributed by atoms with Crippen LogP contribution in [0, 0.1) is 24.5 Å². The summed E-state index contributed by atoms with van der Waals surface area (Å²) in [6.45, 7) is 5.63. The summed E-state index contributed by atoms with van der Waals surface area (Å²) >= 11 is 0. The maximum atomic E-state index is 15.3. The normalized spacial score (nSPS) is 18.9. The van der Waals surface area contributed by atoms with Crippen molar-refractivity contribution >= 4 is 28.7 Å². The molecule has 0 radical (unpaired) electrons. The number of nitrogens with zero attached hydrogens (tertiary/aromatic N) is 7. The van der Waals surface area contributed by atoms with Crippen LogP contribution in [0.3, 0.4) is 0 Å². The molecule has 0 saturated heterocycles. The largest absolute Gasteiger partial charge is 0.337 e. The molecule has 0 bridgehead atoms. The third kappa shape index (κ3) is 5.57. The molecule has 6 rings (SSSR count). The highest BCUT2D eigenvalue weighted by atomic mass is 19.1. The predicted molar refractivity (Wildman–Crippen MR) is 157 cm³/mol. The van der Waals surface area contributed by atoms with E-state index in [2.05, 4.69) is 31.8 Å². The van der Waals surface area contributed by atoms with Crippen molar-refractivity contribution in [2.24, 2.45) is 5.92 Å². The first-order valence-electron chi connectivity index (χ1n) is 14.6. The molecule has 0 spiro atoms. The maximum Gasteiger partial charge on any atom is 0.237 e. The molecule has 2 aliphatic rings. The summed E-state index contributed by atoms with van der Waals surface area (Å²) in [7, 11) is 3.75. The molecule has 220 valence electrons. The number of aromatic nitrogens is 5. The number of halogens is 2. The fourth-order valence-corrected chi connectivity index (χ4v) is 6.18. The highest BCUT2D eigenvalue weighted by Gasteiger charge is 2.25. The van der Waals surface area contributed by atoms with Crippen LogP contribution in [-0.2, 0) is 17.8 Å². The van der Waals surface area contributed by atoms with E-state index in [9.17, 15) is 4.79 Å². The Balaban J connectivity index is 1.26. The van der Waals surface area contributed by atoms with Gasteiger partial charge in [0.1, 0.15) is 22.9 Å². The second kappa shape index (κ2) is 11.4. The first-order valence-corrected chi connectivity index (χ1v) is 14.6. The zero-order valence-electron chi connectivity index (χ0n) is 24.5. The second-order valence-corrected chi connectivity index (χ2v) is 11.9. The molecule has 9 nitrogen and oxygen atoms in total. The van der Waals surface area contributed by atoms with E-state index in [1.807, 2.05) is 36.9 Å². The zero-order chi connectivity index (χ0) is 29.5. The Morgan fingerprint density at radius 3 is 2.62 bits per heavy atom. The Hall–Kier alpha value is -3.99. The van der Waals surface area contributed by atoms with Gasteiger partial charge in [-0.2, -0.15) is 0 Å². The minimum Gasteiger partial charge on any atom is -0.337 e. The number of aryl methyl sites for hydroxylation is 1. The third-order valence-corrected chi connectivity index (χ3v) is 8.39. The fourth-order valence-electron chi connectivity index (χ4n) is 6.18. The van der Waals surface area contributed by atoms with Crippen LogP contribution in [0.15, 0.2) is 30.5 Å². The van der Waals surface area contributed by atoms with E-state index in [1.54, 1.807) is 12.1 Å². The molecular formula is C31H36F2N8O. The van der Waals surface area contributed by atoms with Gasteiger partial charge in [0.05, 0.1) is 18.3 Å². The number of carbonyl (C=O) groups excluding carboxylic acids is 1. The number of nitrogens with one attached hydrogen (secondary N) is 1. The minimum atomic E-state index is -0.644. The lowest BCUT2D eigenvalue weighted by Gasteiger charge is -2.29. The van der Waals surface area contributed by atoms with Crippen molar-refractivity contribution in [1.82, 2.24) is 34.3 Å². The Labute approximate surface area is 244 Å². The number of benzene rings is 1. The highest BCUT2D eigenvalue weighted by Crippen LogP contribution is 2.37. The summed E-state index contributed by atoms with van der Waals surface area (Å²) in [5.41, 5.74) is 3.16. The first kappa shape index (κ1) is 28.1. The molecule has 1 N–H and O–H groups in total. The number of pyridine rings is 1. The topological polar surface area (TPSA) is 92.1 Å². The molecule has 11 heteroatoms. The number of hydrogen-bond acceptors (Lipinski definition) is 7.